The normalized spacial score (nSPS) is 17.0. The predicted octanol–water partition coefficient (Wildman–Crippen LogP) is 4.15. The van der Waals surface area contributed by atoms with Gasteiger partial charge >= 0.3 is 0 Å². The van der Waals surface area contributed by atoms with Gasteiger partial charge in [0.15, 0.2) is 11.5 Å². The van der Waals surface area contributed by atoms with Crippen LogP contribution in [-0.4, -0.2) is 37.1 Å². The summed E-state index contributed by atoms with van der Waals surface area (Å²) in [5, 5.41) is 3.06. The van der Waals surface area contributed by atoms with Crippen LogP contribution in [0.3, 0.4) is 0 Å². The van der Waals surface area contributed by atoms with E-state index < -0.39 is 0 Å². The number of nitrogens with one attached hydrogen (secondary N) is 1. The molecule has 1 fully saturated rings. The Balaban J connectivity index is 1.53. The minimum atomic E-state index is -0.227. The molecule has 0 aromatic heterocycles. The molecule has 30 heavy (non-hydrogen) atoms. The molecule has 1 atom stereocenters. The van der Waals surface area contributed by atoms with Crippen LogP contribution < -0.4 is 14.8 Å². The van der Waals surface area contributed by atoms with Crippen molar-refractivity contribution in [2.24, 2.45) is 5.92 Å². The Morgan fingerprint density at radius 1 is 1.17 bits per heavy atom. The number of halogens is 1. The minimum absolute atomic E-state index is 0.0374. The highest BCUT2D eigenvalue weighted by atomic mass is 19.1. The van der Waals surface area contributed by atoms with Gasteiger partial charge in [0, 0.05) is 19.6 Å². The van der Waals surface area contributed by atoms with Crippen molar-refractivity contribution >= 4 is 5.91 Å². The number of rotatable bonds is 8. The Morgan fingerprint density at radius 3 is 2.60 bits per heavy atom. The second-order valence-electron chi connectivity index (χ2n) is 8.07. The number of hydrogen-bond acceptors (Lipinski definition) is 4. The number of carbonyl (C=O) groups is 1. The molecule has 1 aliphatic heterocycles. The van der Waals surface area contributed by atoms with Gasteiger partial charge in [-0.2, -0.15) is 0 Å². The van der Waals surface area contributed by atoms with Crippen molar-refractivity contribution in [3.8, 4) is 11.5 Å². The highest BCUT2D eigenvalue weighted by Crippen LogP contribution is 2.29. The molecule has 1 unspecified atom stereocenters. The molecule has 162 valence electrons. The summed E-state index contributed by atoms with van der Waals surface area (Å²) in [6, 6.07) is 12.3. The SMILES string of the molecule is COc1cc(CNC(=O)C2CCCN(Cc3ccc(F)cc3)C2)ccc1OC(C)C. The van der Waals surface area contributed by atoms with Crippen molar-refractivity contribution < 1.29 is 18.7 Å². The lowest BCUT2D eigenvalue weighted by Gasteiger charge is -2.32. The lowest BCUT2D eigenvalue weighted by Crippen LogP contribution is -2.42. The lowest BCUT2D eigenvalue weighted by molar-refractivity contribution is -0.126. The summed E-state index contributed by atoms with van der Waals surface area (Å²) in [5.41, 5.74) is 2.03. The molecule has 2 aromatic rings. The molecular formula is C24H31FN2O3. The summed E-state index contributed by atoms with van der Waals surface area (Å²) in [7, 11) is 1.61. The zero-order valence-corrected chi connectivity index (χ0v) is 18.0. The van der Waals surface area contributed by atoms with Crippen LogP contribution in [0.1, 0.15) is 37.8 Å². The second kappa shape index (κ2) is 10.4. The molecule has 0 spiro atoms. The standard InChI is InChI=1S/C24H31FN2O3/c1-17(2)30-22-11-8-19(13-23(22)29-3)14-26-24(28)20-5-4-12-27(16-20)15-18-6-9-21(25)10-7-18/h6-11,13,17,20H,4-5,12,14-16H2,1-3H3,(H,26,28). The van der Waals surface area contributed by atoms with Gasteiger partial charge < -0.3 is 14.8 Å². The summed E-state index contributed by atoms with van der Waals surface area (Å²) in [4.78, 5) is 15.0. The Kier molecular flexibility index (Phi) is 7.69. The summed E-state index contributed by atoms with van der Waals surface area (Å²) in [6.45, 7) is 6.79. The van der Waals surface area contributed by atoms with Crippen LogP contribution in [0.4, 0.5) is 4.39 Å². The van der Waals surface area contributed by atoms with E-state index in [9.17, 15) is 9.18 Å². The van der Waals surface area contributed by atoms with Crippen LogP contribution >= 0.6 is 0 Å². The summed E-state index contributed by atoms with van der Waals surface area (Å²) >= 11 is 0. The average molecular weight is 415 g/mol. The lowest BCUT2D eigenvalue weighted by atomic mass is 9.96. The van der Waals surface area contributed by atoms with Gasteiger partial charge in [0.25, 0.3) is 0 Å². The number of ether oxygens (including phenoxy) is 2. The number of piperidine rings is 1. The maximum Gasteiger partial charge on any atom is 0.224 e. The molecule has 0 saturated carbocycles. The Labute approximate surface area is 178 Å². The molecule has 1 aliphatic rings. The van der Waals surface area contributed by atoms with Gasteiger partial charge in [0.1, 0.15) is 5.82 Å². The van der Waals surface area contributed by atoms with E-state index >= 15 is 0 Å². The van der Waals surface area contributed by atoms with Crippen LogP contribution in [0, 0.1) is 11.7 Å². The quantitative estimate of drug-likeness (QED) is 0.705. The van der Waals surface area contributed by atoms with Gasteiger partial charge in [-0.3, -0.25) is 9.69 Å². The molecule has 6 heteroatoms. The fraction of sp³-hybridized carbons (Fsp3) is 0.458. The van der Waals surface area contributed by atoms with Gasteiger partial charge in [0.2, 0.25) is 5.91 Å². The van der Waals surface area contributed by atoms with Crippen LogP contribution in [0.15, 0.2) is 42.5 Å². The Morgan fingerprint density at radius 2 is 1.90 bits per heavy atom. The molecule has 3 rings (SSSR count). The van der Waals surface area contributed by atoms with E-state index in [0.29, 0.717) is 24.6 Å². The first-order valence-corrected chi connectivity index (χ1v) is 10.5. The third-order valence-electron chi connectivity index (χ3n) is 5.25. The molecular weight excluding hydrogens is 383 g/mol. The Hall–Kier alpha value is -2.60. The fourth-order valence-corrected chi connectivity index (χ4v) is 3.77. The number of benzene rings is 2. The molecule has 1 amide bonds. The van der Waals surface area contributed by atoms with Crippen molar-refractivity contribution in [1.29, 1.82) is 0 Å². The number of carbonyl (C=O) groups excluding carboxylic acids is 1. The third-order valence-corrected chi connectivity index (χ3v) is 5.25. The zero-order chi connectivity index (χ0) is 21.5. The minimum Gasteiger partial charge on any atom is -0.493 e. The van der Waals surface area contributed by atoms with Crippen LogP contribution in [-0.2, 0) is 17.9 Å². The Bertz CT molecular complexity index is 839. The summed E-state index contributed by atoms with van der Waals surface area (Å²) < 4.78 is 24.3. The summed E-state index contributed by atoms with van der Waals surface area (Å²) in [6.07, 6.45) is 1.93. The van der Waals surface area contributed by atoms with E-state index in [1.807, 2.05) is 32.0 Å². The maximum absolute atomic E-state index is 13.1. The van der Waals surface area contributed by atoms with E-state index in [1.54, 1.807) is 19.2 Å². The topological polar surface area (TPSA) is 50.8 Å². The number of likely N-dealkylation sites (tertiary alicyclic amines) is 1. The van der Waals surface area contributed by atoms with E-state index in [2.05, 4.69) is 10.2 Å². The van der Waals surface area contributed by atoms with Gasteiger partial charge in [-0.1, -0.05) is 18.2 Å². The van der Waals surface area contributed by atoms with E-state index in [0.717, 1.165) is 37.1 Å². The number of nitrogens with zero attached hydrogens (tertiary/aromatic N) is 1. The zero-order valence-electron chi connectivity index (χ0n) is 18.0. The predicted molar refractivity (Wildman–Crippen MR) is 115 cm³/mol. The number of hydrogen-bond donors (Lipinski definition) is 1. The molecule has 0 aliphatic carbocycles. The van der Waals surface area contributed by atoms with Gasteiger partial charge in [0.05, 0.1) is 19.1 Å². The van der Waals surface area contributed by atoms with Crippen LogP contribution in [0.2, 0.25) is 0 Å². The molecule has 1 saturated heterocycles. The van der Waals surface area contributed by atoms with E-state index in [1.165, 1.54) is 12.1 Å². The fourth-order valence-electron chi connectivity index (χ4n) is 3.77. The van der Waals surface area contributed by atoms with Crippen molar-refractivity contribution in [1.82, 2.24) is 10.2 Å². The van der Waals surface area contributed by atoms with Gasteiger partial charge in [-0.15, -0.1) is 0 Å². The second-order valence-corrected chi connectivity index (χ2v) is 8.07. The van der Waals surface area contributed by atoms with Crippen LogP contribution in [0.5, 0.6) is 11.5 Å². The molecule has 2 aromatic carbocycles. The molecule has 1 heterocycles. The molecule has 5 nitrogen and oxygen atoms in total. The highest BCUT2D eigenvalue weighted by Gasteiger charge is 2.25. The van der Waals surface area contributed by atoms with Gasteiger partial charge in [-0.25, -0.2) is 4.39 Å². The molecule has 0 bridgehead atoms. The summed E-state index contributed by atoms with van der Waals surface area (Å²) in [5.74, 6) is 1.17. The van der Waals surface area contributed by atoms with Gasteiger partial charge in [-0.05, 0) is 68.6 Å². The van der Waals surface area contributed by atoms with Crippen molar-refractivity contribution in [3.63, 3.8) is 0 Å². The average Bonchev–Trinajstić information content (AvgIpc) is 2.74. The number of methoxy groups -OCH3 is 1. The van der Waals surface area contributed by atoms with E-state index in [4.69, 9.17) is 9.47 Å². The van der Waals surface area contributed by atoms with Crippen LogP contribution in [0.25, 0.3) is 0 Å². The highest BCUT2D eigenvalue weighted by molar-refractivity contribution is 5.79. The smallest absolute Gasteiger partial charge is 0.224 e. The largest absolute Gasteiger partial charge is 0.493 e. The first-order valence-electron chi connectivity index (χ1n) is 10.5. The van der Waals surface area contributed by atoms with Crippen molar-refractivity contribution in [3.05, 3.63) is 59.4 Å². The van der Waals surface area contributed by atoms with E-state index in [-0.39, 0.29) is 23.7 Å². The molecule has 1 N–H and O–H groups in total. The van der Waals surface area contributed by atoms with Crippen molar-refractivity contribution in [2.45, 2.75) is 45.9 Å². The van der Waals surface area contributed by atoms with Crippen molar-refractivity contribution in [2.75, 3.05) is 20.2 Å². The number of amides is 1. The molecule has 0 radical (unpaired) electrons. The third kappa shape index (κ3) is 6.20. The monoisotopic (exact) mass is 414 g/mol. The maximum atomic E-state index is 13.1. The first-order chi connectivity index (χ1) is 14.4. The first kappa shape index (κ1) is 22.1.